The number of halogens is 5. The lowest BCUT2D eigenvalue weighted by atomic mass is 10.1. The van der Waals surface area contributed by atoms with E-state index in [1.165, 1.54) is 24.4 Å². The van der Waals surface area contributed by atoms with Gasteiger partial charge in [0.15, 0.2) is 0 Å². The Morgan fingerprint density at radius 1 is 1.07 bits per heavy atom. The second-order valence-electron chi connectivity index (χ2n) is 6.06. The highest BCUT2D eigenvalue weighted by Crippen LogP contribution is 2.34. The van der Waals surface area contributed by atoms with E-state index in [1.807, 2.05) is 0 Å². The number of amides is 1. The first-order valence-electron chi connectivity index (χ1n) is 8.40. The molecule has 3 rings (SSSR count). The van der Waals surface area contributed by atoms with Crippen molar-refractivity contribution in [3.63, 3.8) is 0 Å². The maximum Gasteiger partial charge on any atom is 0.416 e. The Labute approximate surface area is 172 Å². The number of rotatable bonds is 5. The predicted molar refractivity (Wildman–Crippen MR) is 102 cm³/mol. The van der Waals surface area contributed by atoms with Crippen LogP contribution in [0.5, 0.6) is 11.5 Å². The fourth-order valence-corrected chi connectivity index (χ4v) is 2.68. The van der Waals surface area contributed by atoms with Gasteiger partial charge in [-0.2, -0.15) is 13.2 Å². The number of nitrogens with zero attached hydrogens (tertiary/aromatic N) is 1. The summed E-state index contributed by atoms with van der Waals surface area (Å²) in [5.41, 5.74) is -1.92. The molecule has 0 aliphatic heterocycles. The number of pyridine rings is 1. The third-order valence-corrected chi connectivity index (χ3v) is 4.23. The van der Waals surface area contributed by atoms with Gasteiger partial charge in [-0.15, -0.1) is 11.6 Å². The summed E-state index contributed by atoms with van der Waals surface area (Å²) < 4.78 is 59.1. The largest absolute Gasteiger partial charge is 0.457 e. The molecule has 0 unspecified atom stereocenters. The van der Waals surface area contributed by atoms with E-state index >= 15 is 0 Å². The van der Waals surface area contributed by atoms with E-state index in [4.69, 9.17) is 16.3 Å². The number of nitrogens with one attached hydrogen (secondary N) is 1. The molecule has 1 amide bonds. The van der Waals surface area contributed by atoms with Gasteiger partial charge < -0.3 is 14.6 Å². The first kappa shape index (κ1) is 21.4. The van der Waals surface area contributed by atoms with Crippen LogP contribution < -0.4 is 15.6 Å². The smallest absolute Gasteiger partial charge is 0.416 e. The summed E-state index contributed by atoms with van der Waals surface area (Å²) in [6.07, 6.45) is -3.36. The Morgan fingerprint density at radius 2 is 1.77 bits per heavy atom. The zero-order valence-electron chi connectivity index (χ0n) is 15.0. The maximum atomic E-state index is 13.1. The minimum atomic E-state index is -4.69. The van der Waals surface area contributed by atoms with Crippen LogP contribution in [0.25, 0.3) is 0 Å². The molecule has 1 aromatic heterocycles. The molecule has 2 aromatic carbocycles. The molecule has 0 radical (unpaired) electrons. The Hall–Kier alpha value is -3.33. The summed E-state index contributed by atoms with van der Waals surface area (Å²) >= 11 is 5.58. The molecule has 5 nitrogen and oxygen atoms in total. The topological polar surface area (TPSA) is 60.3 Å². The summed E-state index contributed by atoms with van der Waals surface area (Å²) in [7, 11) is 0. The summed E-state index contributed by atoms with van der Waals surface area (Å²) in [6.45, 7) is 0. The SMILES string of the molecule is O=C(Nc1ccn(CCl)c(=O)c1)c1cc(C(F)(F)F)ccc1Oc1ccc(F)cc1. The average molecular weight is 441 g/mol. The van der Waals surface area contributed by atoms with Crippen molar-refractivity contribution in [3.8, 4) is 11.5 Å². The first-order chi connectivity index (χ1) is 14.2. The van der Waals surface area contributed by atoms with Gasteiger partial charge in [-0.3, -0.25) is 9.59 Å². The zero-order chi connectivity index (χ0) is 21.9. The van der Waals surface area contributed by atoms with Gasteiger partial charge in [0.05, 0.1) is 11.1 Å². The van der Waals surface area contributed by atoms with E-state index in [0.29, 0.717) is 6.07 Å². The summed E-state index contributed by atoms with van der Waals surface area (Å²) in [5, 5.41) is 2.36. The molecule has 1 N–H and O–H groups in total. The molecule has 0 saturated heterocycles. The number of carbonyl (C=O) groups is 1. The van der Waals surface area contributed by atoms with Crippen LogP contribution in [0.15, 0.2) is 65.6 Å². The standard InChI is InChI=1S/C20H13ClF4N2O3/c21-11-27-8-7-14(10-18(27)28)26-19(29)16-9-12(20(23,24)25)1-6-17(16)30-15-4-2-13(22)3-5-15/h1-10H,11H2,(H,26,29). The van der Waals surface area contributed by atoms with Gasteiger partial charge in [-0.25, -0.2) is 4.39 Å². The molecule has 0 saturated carbocycles. The van der Waals surface area contributed by atoms with Crippen molar-refractivity contribution < 1.29 is 27.1 Å². The molecule has 0 aliphatic carbocycles. The van der Waals surface area contributed by atoms with Crippen LogP contribution in [0.4, 0.5) is 23.2 Å². The zero-order valence-corrected chi connectivity index (χ0v) is 15.8. The summed E-state index contributed by atoms with van der Waals surface area (Å²) in [4.78, 5) is 24.5. The number of carbonyl (C=O) groups excluding carboxylic acids is 1. The summed E-state index contributed by atoms with van der Waals surface area (Å²) in [6, 6.07) is 9.47. The highest BCUT2D eigenvalue weighted by molar-refractivity contribution is 6.15. The Kier molecular flexibility index (Phi) is 6.12. The van der Waals surface area contributed by atoms with Gasteiger partial charge in [0.25, 0.3) is 11.5 Å². The van der Waals surface area contributed by atoms with Crippen LogP contribution in [-0.2, 0) is 12.2 Å². The van der Waals surface area contributed by atoms with Crippen LogP contribution >= 0.6 is 11.6 Å². The fourth-order valence-electron chi connectivity index (χ4n) is 2.49. The number of aromatic nitrogens is 1. The van der Waals surface area contributed by atoms with Gasteiger partial charge in [-0.1, -0.05) is 0 Å². The molecule has 0 atom stereocenters. The van der Waals surface area contributed by atoms with E-state index in [2.05, 4.69) is 5.32 Å². The molecule has 3 aromatic rings. The van der Waals surface area contributed by atoms with Crippen molar-refractivity contribution in [2.45, 2.75) is 12.2 Å². The number of alkyl halides is 4. The van der Waals surface area contributed by atoms with E-state index < -0.39 is 34.6 Å². The quantitative estimate of drug-likeness (QED) is 0.435. The average Bonchev–Trinajstić information content (AvgIpc) is 2.69. The first-order valence-corrected chi connectivity index (χ1v) is 8.93. The van der Waals surface area contributed by atoms with Gasteiger partial charge in [0.2, 0.25) is 0 Å². The van der Waals surface area contributed by atoms with E-state index in [1.54, 1.807) is 0 Å². The highest BCUT2D eigenvalue weighted by Gasteiger charge is 2.32. The van der Waals surface area contributed by atoms with Crippen LogP contribution in [0.3, 0.4) is 0 Å². The van der Waals surface area contributed by atoms with Gasteiger partial charge in [-0.05, 0) is 48.5 Å². The fraction of sp³-hybridized carbons (Fsp3) is 0.100. The minimum Gasteiger partial charge on any atom is -0.457 e. The van der Waals surface area contributed by atoms with Gasteiger partial charge >= 0.3 is 6.18 Å². The lowest BCUT2D eigenvalue weighted by molar-refractivity contribution is -0.137. The number of hydrogen-bond donors (Lipinski definition) is 1. The summed E-state index contributed by atoms with van der Waals surface area (Å²) in [5.74, 6) is -1.52. The Bertz CT molecular complexity index is 1130. The van der Waals surface area contributed by atoms with Crippen molar-refractivity contribution in [1.29, 1.82) is 0 Å². The number of ether oxygens (including phenoxy) is 1. The molecule has 0 fully saturated rings. The molecule has 1 heterocycles. The molecule has 0 spiro atoms. The molecule has 156 valence electrons. The van der Waals surface area contributed by atoms with Crippen LogP contribution in [0, 0.1) is 5.82 Å². The van der Waals surface area contributed by atoms with Crippen molar-refractivity contribution in [2.24, 2.45) is 0 Å². The monoisotopic (exact) mass is 440 g/mol. The molecule has 0 aliphatic rings. The van der Waals surface area contributed by atoms with Gasteiger partial charge in [0, 0.05) is 18.0 Å². The molecule has 30 heavy (non-hydrogen) atoms. The van der Waals surface area contributed by atoms with Crippen LogP contribution in [0.2, 0.25) is 0 Å². The number of benzene rings is 2. The van der Waals surface area contributed by atoms with Crippen molar-refractivity contribution in [3.05, 3.63) is 88.1 Å². The third-order valence-electron chi connectivity index (χ3n) is 3.98. The molecule has 10 heteroatoms. The lowest BCUT2D eigenvalue weighted by Gasteiger charge is -2.14. The van der Waals surface area contributed by atoms with Crippen LogP contribution in [0.1, 0.15) is 15.9 Å². The van der Waals surface area contributed by atoms with E-state index in [-0.39, 0.29) is 23.2 Å². The highest BCUT2D eigenvalue weighted by atomic mass is 35.5. The normalized spacial score (nSPS) is 11.2. The molecular weight excluding hydrogens is 428 g/mol. The van der Waals surface area contributed by atoms with Crippen molar-refractivity contribution in [2.75, 3.05) is 5.32 Å². The third kappa shape index (κ3) is 4.98. The van der Waals surface area contributed by atoms with E-state index in [9.17, 15) is 27.2 Å². The van der Waals surface area contributed by atoms with Gasteiger partial charge in [0.1, 0.15) is 23.3 Å². The number of anilines is 1. The maximum absolute atomic E-state index is 13.1. The second kappa shape index (κ2) is 8.58. The van der Waals surface area contributed by atoms with Crippen LogP contribution in [-0.4, -0.2) is 10.5 Å². The second-order valence-corrected chi connectivity index (χ2v) is 6.30. The Balaban J connectivity index is 1.96. The predicted octanol–water partition coefficient (Wildman–Crippen LogP) is 5.25. The Morgan fingerprint density at radius 3 is 2.37 bits per heavy atom. The lowest BCUT2D eigenvalue weighted by Crippen LogP contribution is -2.20. The van der Waals surface area contributed by atoms with Crippen molar-refractivity contribution >= 4 is 23.2 Å². The molecule has 0 bridgehead atoms. The molecular formula is C20H13ClF4N2O3. The van der Waals surface area contributed by atoms with Crippen molar-refractivity contribution in [1.82, 2.24) is 4.57 Å². The van der Waals surface area contributed by atoms with E-state index in [0.717, 1.165) is 34.9 Å². The number of hydrogen-bond acceptors (Lipinski definition) is 3. The minimum absolute atomic E-state index is 0.0662.